The molecule has 0 fully saturated rings. The zero-order valence-corrected chi connectivity index (χ0v) is 32.9. The van der Waals surface area contributed by atoms with E-state index >= 15 is 0 Å². The molecule has 0 heterocycles. The largest absolute Gasteiger partial charge is 0.385 e. The maximum absolute atomic E-state index is 5.41. The van der Waals surface area contributed by atoms with Crippen molar-refractivity contribution in [3.63, 3.8) is 0 Å². The summed E-state index contributed by atoms with van der Waals surface area (Å²) in [7, 11) is 1.85. The van der Waals surface area contributed by atoms with Crippen molar-refractivity contribution in [3.05, 3.63) is 0 Å². The van der Waals surface area contributed by atoms with Crippen LogP contribution in [0, 0.1) is 0 Å². The van der Waals surface area contributed by atoms with Crippen LogP contribution in [0.1, 0.15) is 226 Å². The van der Waals surface area contributed by atoms with Gasteiger partial charge in [0.15, 0.2) is 0 Å². The van der Waals surface area contributed by atoms with Gasteiger partial charge in [-0.25, -0.2) is 0 Å². The lowest BCUT2D eigenvalue weighted by Gasteiger charge is -2.26. The van der Waals surface area contributed by atoms with E-state index < -0.39 is 0 Å². The van der Waals surface area contributed by atoms with Gasteiger partial charge in [0.1, 0.15) is 0 Å². The van der Waals surface area contributed by atoms with Crippen LogP contribution < -0.4 is 0 Å². The van der Waals surface area contributed by atoms with E-state index in [0.717, 1.165) is 6.61 Å². The molecule has 278 valence electrons. The fourth-order valence-electron chi connectivity index (χ4n) is 7.09. The Labute approximate surface area is 293 Å². The summed E-state index contributed by atoms with van der Waals surface area (Å²) in [6.07, 6.45) is 45.5. The standard InChI is InChI=1S/C43H90N2O/c1-5-8-11-14-17-20-23-26-29-32-37-44(38-33-30-27-24-21-18-15-12-9-6-2)40-35-41-45(42-36-43-46-4)39-34-31-28-25-22-19-16-13-10-7-3/h5-43H2,1-4H3. The summed E-state index contributed by atoms with van der Waals surface area (Å²) in [5.74, 6) is 0. The van der Waals surface area contributed by atoms with E-state index in [2.05, 4.69) is 30.6 Å². The molecule has 0 unspecified atom stereocenters. The molecule has 0 aromatic carbocycles. The van der Waals surface area contributed by atoms with Gasteiger partial charge in [0.05, 0.1) is 0 Å². The number of unbranched alkanes of at least 4 members (excludes halogenated alkanes) is 27. The van der Waals surface area contributed by atoms with E-state index in [4.69, 9.17) is 4.74 Å². The first kappa shape index (κ1) is 45.9. The Bertz CT molecular complexity index is 503. The second kappa shape index (κ2) is 41.1. The number of ether oxygens (including phenoxy) is 1. The third kappa shape index (κ3) is 36.7. The molecule has 0 radical (unpaired) electrons. The first-order valence-electron chi connectivity index (χ1n) is 21.7. The minimum absolute atomic E-state index is 0.901. The molecule has 46 heavy (non-hydrogen) atoms. The van der Waals surface area contributed by atoms with Crippen LogP contribution >= 0.6 is 0 Å². The number of rotatable bonds is 41. The molecule has 0 rings (SSSR count). The summed E-state index contributed by atoms with van der Waals surface area (Å²) in [6.45, 7) is 15.6. The van der Waals surface area contributed by atoms with E-state index in [-0.39, 0.29) is 0 Å². The molecule has 3 nitrogen and oxygen atoms in total. The second-order valence-electron chi connectivity index (χ2n) is 14.9. The van der Waals surface area contributed by atoms with Crippen LogP contribution in [-0.4, -0.2) is 62.8 Å². The second-order valence-corrected chi connectivity index (χ2v) is 14.9. The lowest BCUT2D eigenvalue weighted by Crippen LogP contribution is -2.33. The van der Waals surface area contributed by atoms with Gasteiger partial charge in [0, 0.05) is 20.3 Å². The van der Waals surface area contributed by atoms with E-state index in [1.165, 1.54) is 245 Å². The molecule has 0 aromatic rings. The van der Waals surface area contributed by atoms with Gasteiger partial charge in [-0.05, 0) is 64.8 Å². The molecule has 0 N–H and O–H groups in total. The summed E-state index contributed by atoms with van der Waals surface area (Å²) >= 11 is 0. The molecule has 0 aliphatic heterocycles. The molecule has 0 aliphatic rings. The van der Waals surface area contributed by atoms with E-state index in [0.29, 0.717) is 0 Å². The average molecular weight is 651 g/mol. The van der Waals surface area contributed by atoms with Crippen molar-refractivity contribution in [2.45, 2.75) is 226 Å². The normalized spacial score (nSPS) is 11.9. The first-order chi connectivity index (χ1) is 22.8. The van der Waals surface area contributed by atoms with Gasteiger partial charge in [-0.1, -0.05) is 194 Å². The lowest BCUT2D eigenvalue weighted by molar-refractivity contribution is 0.165. The van der Waals surface area contributed by atoms with Gasteiger partial charge in [-0.3, -0.25) is 0 Å². The molecule has 0 aromatic heterocycles. The van der Waals surface area contributed by atoms with Gasteiger partial charge in [-0.15, -0.1) is 0 Å². The summed E-state index contributed by atoms with van der Waals surface area (Å²) in [5, 5.41) is 0. The highest BCUT2D eigenvalue weighted by atomic mass is 16.5. The maximum Gasteiger partial charge on any atom is 0.0474 e. The third-order valence-corrected chi connectivity index (χ3v) is 10.3. The van der Waals surface area contributed by atoms with Crippen molar-refractivity contribution in [1.82, 2.24) is 9.80 Å². The topological polar surface area (TPSA) is 15.7 Å². The van der Waals surface area contributed by atoms with E-state index in [1.807, 2.05) is 7.11 Å². The van der Waals surface area contributed by atoms with Crippen molar-refractivity contribution in [2.75, 3.05) is 53.0 Å². The molecule has 0 spiro atoms. The van der Waals surface area contributed by atoms with Crippen LogP contribution in [0.2, 0.25) is 0 Å². The van der Waals surface area contributed by atoms with Crippen molar-refractivity contribution in [1.29, 1.82) is 0 Å². The molecular weight excluding hydrogens is 560 g/mol. The highest BCUT2D eigenvalue weighted by Gasteiger charge is 2.09. The van der Waals surface area contributed by atoms with Crippen molar-refractivity contribution < 1.29 is 4.74 Å². The fourth-order valence-corrected chi connectivity index (χ4v) is 7.09. The van der Waals surface area contributed by atoms with Crippen molar-refractivity contribution in [2.24, 2.45) is 0 Å². The maximum atomic E-state index is 5.41. The summed E-state index contributed by atoms with van der Waals surface area (Å²) in [4.78, 5) is 5.62. The molecule has 3 heteroatoms. The van der Waals surface area contributed by atoms with Gasteiger partial charge >= 0.3 is 0 Å². The summed E-state index contributed by atoms with van der Waals surface area (Å²) < 4.78 is 5.41. The number of hydrogen-bond donors (Lipinski definition) is 0. The Morgan fingerprint density at radius 3 is 0.739 bits per heavy atom. The zero-order chi connectivity index (χ0) is 33.4. The van der Waals surface area contributed by atoms with Gasteiger partial charge in [0.2, 0.25) is 0 Å². The van der Waals surface area contributed by atoms with Crippen LogP contribution in [0.4, 0.5) is 0 Å². The van der Waals surface area contributed by atoms with Gasteiger partial charge in [-0.2, -0.15) is 0 Å². The van der Waals surface area contributed by atoms with Crippen LogP contribution in [0.5, 0.6) is 0 Å². The monoisotopic (exact) mass is 651 g/mol. The smallest absolute Gasteiger partial charge is 0.0474 e. The average Bonchev–Trinajstić information content (AvgIpc) is 3.06. The Kier molecular flexibility index (Phi) is 40.9. The molecule has 0 atom stereocenters. The zero-order valence-electron chi connectivity index (χ0n) is 32.9. The van der Waals surface area contributed by atoms with Crippen molar-refractivity contribution in [3.8, 4) is 0 Å². The summed E-state index contributed by atoms with van der Waals surface area (Å²) in [5.41, 5.74) is 0. The molecular formula is C43H90N2O. The Hall–Kier alpha value is -0.120. The van der Waals surface area contributed by atoms with Crippen LogP contribution in [0.15, 0.2) is 0 Å². The predicted octanol–water partition coefficient (Wildman–Crippen LogP) is 13.8. The Morgan fingerprint density at radius 2 is 0.478 bits per heavy atom. The first-order valence-corrected chi connectivity index (χ1v) is 21.7. The quantitative estimate of drug-likeness (QED) is 0.0612. The molecule has 0 saturated carbocycles. The van der Waals surface area contributed by atoms with Crippen molar-refractivity contribution >= 4 is 0 Å². The highest BCUT2D eigenvalue weighted by Crippen LogP contribution is 2.14. The molecule has 0 aliphatic carbocycles. The minimum Gasteiger partial charge on any atom is -0.385 e. The van der Waals surface area contributed by atoms with Crippen LogP contribution in [0.25, 0.3) is 0 Å². The lowest BCUT2D eigenvalue weighted by atomic mass is 10.1. The SMILES string of the molecule is CCCCCCCCCCCCN(CCCCCCCCCCCC)CCCN(CCCCCCCCCCCC)CCCOC. The van der Waals surface area contributed by atoms with Gasteiger partial charge < -0.3 is 14.5 Å². The number of nitrogens with zero attached hydrogens (tertiary/aromatic N) is 2. The van der Waals surface area contributed by atoms with E-state index in [9.17, 15) is 0 Å². The number of hydrogen-bond acceptors (Lipinski definition) is 3. The highest BCUT2D eigenvalue weighted by molar-refractivity contribution is 4.65. The Morgan fingerprint density at radius 1 is 0.261 bits per heavy atom. The van der Waals surface area contributed by atoms with Crippen LogP contribution in [0.3, 0.4) is 0 Å². The third-order valence-electron chi connectivity index (χ3n) is 10.3. The molecule has 0 saturated heterocycles. The summed E-state index contributed by atoms with van der Waals surface area (Å²) in [6, 6.07) is 0. The Balaban J connectivity index is 4.38. The molecule has 0 amide bonds. The fraction of sp³-hybridized carbons (Fsp3) is 1.00. The van der Waals surface area contributed by atoms with Gasteiger partial charge in [0.25, 0.3) is 0 Å². The molecule has 0 bridgehead atoms. The minimum atomic E-state index is 0.901. The predicted molar refractivity (Wildman–Crippen MR) is 210 cm³/mol. The van der Waals surface area contributed by atoms with E-state index in [1.54, 1.807) is 0 Å². The number of methoxy groups -OCH3 is 1. The van der Waals surface area contributed by atoms with Crippen LogP contribution in [-0.2, 0) is 4.74 Å².